The van der Waals surface area contributed by atoms with Crippen LogP contribution in [0.5, 0.6) is 0 Å². The van der Waals surface area contributed by atoms with E-state index in [0.29, 0.717) is 24.8 Å². The van der Waals surface area contributed by atoms with Gasteiger partial charge in [-0.1, -0.05) is 13.0 Å². The molecule has 2 rings (SSSR count). The monoisotopic (exact) mass is 474 g/mol. The molecule has 1 aromatic heterocycles. The van der Waals surface area contributed by atoms with Crippen LogP contribution in [0.2, 0.25) is 0 Å². The first-order chi connectivity index (χ1) is 12.1. The van der Waals surface area contributed by atoms with Crippen LogP contribution in [0.25, 0.3) is 0 Å². The number of aliphatic imine (C=N–C) groups is 1. The number of amides is 1. The normalized spacial score (nSPS) is 17.5. The molecule has 1 aliphatic heterocycles. The number of halogens is 1. The Kier molecular flexibility index (Phi) is 10.5. The number of guanidine groups is 1. The fraction of sp³-hybridized carbons (Fsp3) is 0.611. The van der Waals surface area contributed by atoms with E-state index in [1.807, 2.05) is 19.1 Å². The third kappa shape index (κ3) is 7.45. The third-order valence-electron chi connectivity index (χ3n) is 4.46. The average Bonchev–Trinajstić information content (AvgIpc) is 3.07. The summed E-state index contributed by atoms with van der Waals surface area (Å²) in [5, 5.41) is 9.34. The molecular weight excluding hydrogens is 443 g/mol. The number of likely N-dealkylation sites (tertiary alicyclic amines) is 1. The Balaban J connectivity index is 0.00000338. The molecule has 0 bridgehead atoms. The molecule has 1 saturated heterocycles. The summed E-state index contributed by atoms with van der Waals surface area (Å²) >= 11 is 0. The van der Waals surface area contributed by atoms with Crippen molar-refractivity contribution in [3.8, 4) is 0 Å². The Morgan fingerprint density at radius 2 is 2.19 bits per heavy atom. The number of anilines is 1. The quantitative estimate of drug-likeness (QED) is 0.320. The highest BCUT2D eigenvalue weighted by Crippen LogP contribution is 2.15. The van der Waals surface area contributed by atoms with Crippen LogP contribution in [-0.4, -0.2) is 61.0 Å². The number of hydrogen-bond acceptors (Lipinski definition) is 4. The molecule has 1 amide bonds. The maximum atomic E-state index is 12.0. The van der Waals surface area contributed by atoms with Crippen LogP contribution >= 0.6 is 24.0 Å². The third-order valence-corrected chi connectivity index (χ3v) is 4.46. The van der Waals surface area contributed by atoms with Crippen molar-refractivity contribution in [1.82, 2.24) is 20.5 Å². The van der Waals surface area contributed by atoms with E-state index < -0.39 is 0 Å². The number of likely N-dealkylation sites (N-methyl/N-ethyl adjacent to an activating group) is 1. The van der Waals surface area contributed by atoms with Crippen molar-refractivity contribution in [2.45, 2.75) is 39.2 Å². The SMILES string of the molecule is CCN1CCCC1CNC(=NC)NCCC(=O)Nc1ccc(C)cn1.I. The zero-order valence-electron chi connectivity index (χ0n) is 15.9. The summed E-state index contributed by atoms with van der Waals surface area (Å²) in [6.07, 6.45) is 4.59. The zero-order chi connectivity index (χ0) is 18.1. The van der Waals surface area contributed by atoms with Crippen LogP contribution in [0, 0.1) is 6.92 Å². The number of aromatic nitrogens is 1. The van der Waals surface area contributed by atoms with Crippen LogP contribution in [0.1, 0.15) is 31.7 Å². The highest BCUT2D eigenvalue weighted by Gasteiger charge is 2.22. The van der Waals surface area contributed by atoms with Crippen molar-refractivity contribution in [3.05, 3.63) is 23.9 Å². The van der Waals surface area contributed by atoms with Gasteiger partial charge in [0.15, 0.2) is 5.96 Å². The number of carbonyl (C=O) groups excluding carboxylic acids is 1. The minimum atomic E-state index is -0.0627. The molecule has 2 heterocycles. The lowest BCUT2D eigenvalue weighted by Gasteiger charge is -2.23. The fourth-order valence-corrected chi connectivity index (χ4v) is 3.02. The highest BCUT2D eigenvalue weighted by molar-refractivity contribution is 14.0. The number of nitrogens with zero attached hydrogens (tertiary/aromatic N) is 3. The van der Waals surface area contributed by atoms with Gasteiger partial charge in [0.1, 0.15) is 5.82 Å². The molecule has 26 heavy (non-hydrogen) atoms. The van der Waals surface area contributed by atoms with E-state index in [2.05, 4.69) is 37.8 Å². The van der Waals surface area contributed by atoms with Gasteiger partial charge in [-0.25, -0.2) is 4.98 Å². The Labute approximate surface area is 173 Å². The van der Waals surface area contributed by atoms with Crippen molar-refractivity contribution >= 4 is 41.7 Å². The van der Waals surface area contributed by atoms with Gasteiger partial charge >= 0.3 is 0 Å². The minimum absolute atomic E-state index is 0. The summed E-state index contributed by atoms with van der Waals surface area (Å²) in [6, 6.07) is 4.30. The van der Waals surface area contributed by atoms with E-state index in [0.717, 1.165) is 24.6 Å². The second-order valence-electron chi connectivity index (χ2n) is 6.32. The highest BCUT2D eigenvalue weighted by atomic mass is 127. The van der Waals surface area contributed by atoms with Gasteiger partial charge in [0.2, 0.25) is 5.91 Å². The summed E-state index contributed by atoms with van der Waals surface area (Å²) in [7, 11) is 1.75. The second-order valence-corrected chi connectivity index (χ2v) is 6.32. The fourth-order valence-electron chi connectivity index (χ4n) is 3.02. The van der Waals surface area contributed by atoms with Crippen LogP contribution in [-0.2, 0) is 4.79 Å². The molecule has 0 aliphatic carbocycles. The van der Waals surface area contributed by atoms with Crippen molar-refractivity contribution < 1.29 is 4.79 Å². The van der Waals surface area contributed by atoms with Crippen molar-refractivity contribution in [1.29, 1.82) is 0 Å². The summed E-state index contributed by atoms with van der Waals surface area (Å²) < 4.78 is 0. The van der Waals surface area contributed by atoms with Crippen molar-refractivity contribution in [2.75, 3.05) is 38.5 Å². The first kappa shape index (κ1) is 22.6. The largest absolute Gasteiger partial charge is 0.356 e. The summed E-state index contributed by atoms with van der Waals surface area (Å²) in [5.74, 6) is 1.26. The van der Waals surface area contributed by atoms with Gasteiger partial charge < -0.3 is 16.0 Å². The molecule has 146 valence electrons. The minimum Gasteiger partial charge on any atom is -0.356 e. The molecule has 1 aromatic rings. The van der Waals surface area contributed by atoms with Gasteiger partial charge in [0.25, 0.3) is 0 Å². The smallest absolute Gasteiger partial charge is 0.227 e. The second kappa shape index (κ2) is 12.1. The van der Waals surface area contributed by atoms with Crippen LogP contribution in [0.4, 0.5) is 5.82 Å². The Morgan fingerprint density at radius 3 is 2.85 bits per heavy atom. The van der Waals surface area contributed by atoms with E-state index in [4.69, 9.17) is 0 Å². The van der Waals surface area contributed by atoms with Crippen molar-refractivity contribution in [3.63, 3.8) is 0 Å². The summed E-state index contributed by atoms with van der Waals surface area (Å²) in [4.78, 5) is 22.8. The van der Waals surface area contributed by atoms with E-state index in [9.17, 15) is 4.79 Å². The number of pyridine rings is 1. The van der Waals surface area contributed by atoms with E-state index in [1.165, 1.54) is 19.4 Å². The lowest BCUT2D eigenvalue weighted by atomic mass is 10.2. The molecule has 1 unspecified atom stereocenters. The molecule has 3 N–H and O–H groups in total. The van der Waals surface area contributed by atoms with Gasteiger partial charge in [0, 0.05) is 38.8 Å². The van der Waals surface area contributed by atoms with E-state index >= 15 is 0 Å². The van der Waals surface area contributed by atoms with Crippen LogP contribution in [0.15, 0.2) is 23.3 Å². The van der Waals surface area contributed by atoms with Gasteiger partial charge in [-0.3, -0.25) is 14.7 Å². The average molecular weight is 474 g/mol. The molecule has 1 fully saturated rings. The number of aryl methyl sites for hydroxylation is 1. The van der Waals surface area contributed by atoms with Gasteiger partial charge in [-0.15, -0.1) is 24.0 Å². The van der Waals surface area contributed by atoms with Crippen LogP contribution in [0.3, 0.4) is 0 Å². The zero-order valence-corrected chi connectivity index (χ0v) is 18.2. The number of hydrogen-bond donors (Lipinski definition) is 3. The number of rotatable bonds is 7. The molecule has 1 atom stereocenters. The summed E-state index contributed by atoms with van der Waals surface area (Å²) in [5.41, 5.74) is 1.07. The van der Waals surface area contributed by atoms with Gasteiger partial charge in [-0.2, -0.15) is 0 Å². The lowest BCUT2D eigenvalue weighted by Crippen LogP contribution is -2.45. The Bertz CT molecular complexity index is 578. The molecule has 1 aliphatic rings. The lowest BCUT2D eigenvalue weighted by molar-refractivity contribution is -0.116. The molecule has 0 radical (unpaired) electrons. The number of nitrogens with one attached hydrogen (secondary N) is 3. The van der Waals surface area contributed by atoms with E-state index in [-0.39, 0.29) is 29.9 Å². The molecule has 8 heteroatoms. The van der Waals surface area contributed by atoms with Gasteiger partial charge in [-0.05, 0) is 44.5 Å². The van der Waals surface area contributed by atoms with Gasteiger partial charge in [0.05, 0.1) is 0 Å². The molecular formula is C18H31IN6O. The Morgan fingerprint density at radius 1 is 1.38 bits per heavy atom. The number of carbonyl (C=O) groups is 1. The first-order valence-corrected chi connectivity index (χ1v) is 9.03. The van der Waals surface area contributed by atoms with Crippen LogP contribution < -0.4 is 16.0 Å². The molecule has 0 saturated carbocycles. The first-order valence-electron chi connectivity index (χ1n) is 9.03. The maximum Gasteiger partial charge on any atom is 0.227 e. The topological polar surface area (TPSA) is 81.6 Å². The Hall–Kier alpha value is -1.42. The summed E-state index contributed by atoms with van der Waals surface area (Å²) in [6.45, 7) is 7.85. The van der Waals surface area contributed by atoms with E-state index in [1.54, 1.807) is 13.2 Å². The standard InChI is InChI=1S/C18H30N6O.HI/c1-4-24-11-5-6-15(24)13-22-18(19-3)20-10-9-17(25)23-16-8-7-14(2)12-21-16;/h7-8,12,15H,4-6,9-11,13H2,1-3H3,(H2,19,20,22)(H,21,23,25);1H. The molecule has 0 aromatic carbocycles. The molecule has 0 spiro atoms. The molecule has 7 nitrogen and oxygen atoms in total. The predicted molar refractivity (Wildman–Crippen MR) is 117 cm³/mol. The maximum absolute atomic E-state index is 12.0. The predicted octanol–water partition coefficient (Wildman–Crippen LogP) is 1.99. The van der Waals surface area contributed by atoms with Crippen molar-refractivity contribution in [2.24, 2.45) is 4.99 Å².